The average Bonchev–Trinajstić information content (AvgIpc) is 3.43. The molecule has 0 spiro atoms. The third kappa shape index (κ3) is 46.5. The Kier molecular flexibility index (Phi) is 54.5. The molecule has 0 aromatic carbocycles. The average molecular weight is 1090 g/mol. The summed E-state index contributed by atoms with van der Waals surface area (Å²) in [5, 5.41) is 54.9. The van der Waals surface area contributed by atoms with Gasteiger partial charge in [0.1, 0.15) is 24.4 Å². The first-order valence-corrected chi connectivity index (χ1v) is 33.3. The van der Waals surface area contributed by atoms with Crippen molar-refractivity contribution < 1.29 is 39.8 Å². The topological polar surface area (TPSA) is 149 Å². The Hall–Kier alpha value is -1.85. The highest BCUT2D eigenvalue weighted by molar-refractivity contribution is 5.76. The second kappa shape index (κ2) is 57.4. The quantitative estimate of drug-likeness (QED) is 0.0261. The Morgan fingerprint density at radius 1 is 0.455 bits per heavy atom. The van der Waals surface area contributed by atoms with Crippen molar-refractivity contribution in [3.05, 3.63) is 48.6 Å². The Labute approximate surface area is 475 Å². The molecule has 1 aliphatic rings. The van der Waals surface area contributed by atoms with E-state index in [1.165, 1.54) is 231 Å². The highest BCUT2D eigenvalue weighted by Gasteiger charge is 2.44. The van der Waals surface area contributed by atoms with Crippen LogP contribution in [0.15, 0.2) is 48.6 Å². The van der Waals surface area contributed by atoms with Crippen LogP contribution >= 0.6 is 0 Å². The van der Waals surface area contributed by atoms with Gasteiger partial charge in [0.25, 0.3) is 0 Å². The molecule has 1 heterocycles. The number of allylic oxidation sites excluding steroid dienone is 8. The van der Waals surface area contributed by atoms with Crippen molar-refractivity contribution in [3.8, 4) is 0 Å². The van der Waals surface area contributed by atoms with Gasteiger partial charge in [-0.05, 0) is 51.4 Å². The lowest BCUT2D eigenvalue weighted by atomic mass is 9.99. The van der Waals surface area contributed by atoms with E-state index >= 15 is 0 Å². The summed E-state index contributed by atoms with van der Waals surface area (Å²) in [5.74, 6) is -0.139. The molecule has 452 valence electrons. The third-order valence-electron chi connectivity index (χ3n) is 15.9. The fourth-order valence-electron chi connectivity index (χ4n) is 10.7. The summed E-state index contributed by atoms with van der Waals surface area (Å²) in [5.41, 5.74) is 0. The highest BCUT2D eigenvalue weighted by Crippen LogP contribution is 2.24. The zero-order valence-corrected chi connectivity index (χ0v) is 50.5. The van der Waals surface area contributed by atoms with Gasteiger partial charge in [-0.1, -0.05) is 313 Å². The first-order chi connectivity index (χ1) is 37.8. The van der Waals surface area contributed by atoms with E-state index in [1.54, 1.807) is 0 Å². The number of ether oxygens (including phenoxy) is 2. The largest absolute Gasteiger partial charge is 0.394 e. The maximum Gasteiger partial charge on any atom is 0.220 e. The molecular weight excluding hydrogens is 959 g/mol. The number of hydrogen-bond acceptors (Lipinski definition) is 8. The van der Waals surface area contributed by atoms with Gasteiger partial charge >= 0.3 is 0 Å². The molecule has 0 saturated carbocycles. The maximum absolute atomic E-state index is 13.1. The summed E-state index contributed by atoms with van der Waals surface area (Å²) in [6.45, 7) is 3.77. The van der Waals surface area contributed by atoms with Crippen LogP contribution in [0.3, 0.4) is 0 Å². The molecule has 0 aromatic heterocycles. The van der Waals surface area contributed by atoms with Crippen LogP contribution in [-0.2, 0) is 14.3 Å². The molecule has 0 aromatic rings. The van der Waals surface area contributed by atoms with E-state index in [1.807, 2.05) is 0 Å². The van der Waals surface area contributed by atoms with Gasteiger partial charge in [-0.15, -0.1) is 0 Å². The summed E-state index contributed by atoms with van der Waals surface area (Å²) in [6.07, 6.45) is 70.2. The van der Waals surface area contributed by atoms with Gasteiger partial charge in [0.15, 0.2) is 6.29 Å². The van der Waals surface area contributed by atoms with Gasteiger partial charge < -0.3 is 40.3 Å². The molecule has 0 radical (unpaired) electrons. The van der Waals surface area contributed by atoms with E-state index in [-0.39, 0.29) is 12.5 Å². The van der Waals surface area contributed by atoms with Crippen LogP contribution in [-0.4, -0.2) is 87.5 Å². The minimum Gasteiger partial charge on any atom is -0.394 e. The molecule has 0 aliphatic carbocycles. The lowest BCUT2D eigenvalue weighted by Crippen LogP contribution is -2.60. The first-order valence-electron chi connectivity index (χ1n) is 33.3. The molecule has 6 N–H and O–H groups in total. The first kappa shape index (κ1) is 73.2. The van der Waals surface area contributed by atoms with Crippen molar-refractivity contribution in [2.75, 3.05) is 13.2 Å². The van der Waals surface area contributed by atoms with E-state index in [4.69, 9.17) is 9.47 Å². The maximum atomic E-state index is 13.1. The molecule has 7 unspecified atom stereocenters. The monoisotopic (exact) mass is 1090 g/mol. The molecule has 1 amide bonds. The number of carbonyl (C=O) groups excluding carboxylic acids is 1. The number of aliphatic hydroxyl groups is 5. The molecule has 1 rings (SSSR count). The number of amides is 1. The lowest BCUT2D eigenvalue weighted by Gasteiger charge is -2.40. The molecule has 1 aliphatic heterocycles. The van der Waals surface area contributed by atoms with Crippen molar-refractivity contribution in [1.82, 2.24) is 5.32 Å². The standard InChI is InChI=1S/C68H127NO8/c1-3-5-7-9-11-13-15-17-19-21-23-25-27-28-29-30-31-32-33-34-36-38-40-42-44-46-48-50-52-54-56-58-64(72)69-61(60-76-68-67(75)66(74)65(73)63(59-70)77-68)62(71)57-55-53-51-49-47-45-43-41-39-37-35-26-24-22-20-18-16-14-12-10-8-6-4-2/h5,7,11,13,17,19,23,25,61-63,65-68,70-71,73-75H,3-4,6,8-10,12,14-16,18,20-22,24,26-60H2,1-2H3,(H,69,72)/b7-5-,13-11-,19-17-,25-23-. The van der Waals surface area contributed by atoms with Crippen LogP contribution in [0.2, 0.25) is 0 Å². The summed E-state index contributed by atoms with van der Waals surface area (Å²) in [6, 6.07) is -0.720. The van der Waals surface area contributed by atoms with Gasteiger partial charge in [-0.25, -0.2) is 0 Å². The molecule has 9 nitrogen and oxygen atoms in total. The van der Waals surface area contributed by atoms with E-state index in [0.717, 1.165) is 64.2 Å². The van der Waals surface area contributed by atoms with Crippen LogP contribution in [0.5, 0.6) is 0 Å². The molecule has 7 atom stereocenters. The summed E-state index contributed by atoms with van der Waals surface area (Å²) in [4.78, 5) is 13.1. The van der Waals surface area contributed by atoms with Gasteiger partial charge in [0.05, 0.1) is 25.4 Å². The van der Waals surface area contributed by atoms with Gasteiger partial charge in [0, 0.05) is 6.42 Å². The van der Waals surface area contributed by atoms with Crippen LogP contribution < -0.4 is 5.32 Å². The second-order valence-corrected chi connectivity index (χ2v) is 23.2. The van der Waals surface area contributed by atoms with Crippen LogP contribution in [0.25, 0.3) is 0 Å². The predicted octanol–water partition coefficient (Wildman–Crippen LogP) is 17.6. The number of rotatable bonds is 58. The lowest BCUT2D eigenvalue weighted by molar-refractivity contribution is -0.302. The number of aliphatic hydroxyl groups excluding tert-OH is 5. The molecule has 77 heavy (non-hydrogen) atoms. The predicted molar refractivity (Wildman–Crippen MR) is 327 cm³/mol. The van der Waals surface area contributed by atoms with E-state index in [0.29, 0.717) is 12.8 Å². The van der Waals surface area contributed by atoms with Crippen molar-refractivity contribution in [1.29, 1.82) is 0 Å². The minimum atomic E-state index is -1.55. The smallest absolute Gasteiger partial charge is 0.220 e. The van der Waals surface area contributed by atoms with E-state index in [2.05, 4.69) is 67.8 Å². The van der Waals surface area contributed by atoms with Crippen molar-refractivity contribution >= 4 is 5.91 Å². The van der Waals surface area contributed by atoms with Gasteiger partial charge in [-0.3, -0.25) is 4.79 Å². The Morgan fingerprint density at radius 3 is 1.19 bits per heavy atom. The Balaban J connectivity index is 2.12. The third-order valence-corrected chi connectivity index (χ3v) is 15.9. The fraction of sp³-hybridized carbons (Fsp3) is 0.868. The molecular formula is C68H127NO8. The number of hydrogen-bond donors (Lipinski definition) is 6. The van der Waals surface area contributed by atoms with Gasteiger partial charge in [0.2, 0.25) is 5.91 Å². The number of carbonyl (C=O) groups is 1. The fourth-order valence-corrected chi connectivity index (χ4v) is 10.7. The SMILES string of the molecule is CC/C=C\C/C=C\C/C=C\C/C=C\CCCCCCCCCCCCCCCCCCCCC(=O)NC(COC1OC(CO)C(O)C(O)C1O)C(O)CCCCCCCCCCCCCCCCCCCCCCCCC. The van der Waals surface area contributed by atoms with Crippen molar-refractivity contribution in [2.45, 2.75) is 365 Å². The van der Waals surface area contributed by atoms with Crippen molar-refractivity contribution in [3.63, 3.8) is 0 Å². The molecule has 0 bridgehead atoms. The highest BCUT2D eigenvalue weighted by atomic mass is 16.7. The van der Waals surface area contributed by atoms with Gasteiger partial charge in [-0.2, -0.15) is 0 Å². The Morgan fingerprint density at radius 2 is 0.805 bits per heavy atom. The summed E-state index contributed by atoms with van der Waals surface area (Å²) < 4.78 is 11.4. The molecule has 1 saturated heterocycles. The van der Waals surface area contributed by atoms with Crippen LogP contribution in [0.1, 0.15) is 322 Å². The molecule has 9 heteroatoms. The van der Waals surface area contributed by atoms with E-state index in [9.17, 15) is 30.3 Å². The summed E-state index contributed by atoms with van der Waals surface area (Å²) in [7, 11) is 0. The Bertz CT molecular complexity index is 1350. The van der Waals surface area contributed by atoms with Crippen molar-refractivity contribution in [2.24, 2.45) is 0 Å². The number of unbranched alkanes of at least 4 members (excludes halogenated alkanes) is 40. The minimum absolute atomic E-state index is 0.135. The van der Waals surface area contributed by atoms with E-state index < -0.39 is 49.5 Å². The zero-order valence-electron chi connectivity index (χ0n) is 50.5. The summed E-state index contributed by atoms with van der Waals surface area (Å²) >= 11 is 0. The normalized spacial score (nSPS) is 19.0. The second-order valence-electron chi connectivity index (χ2n) is 23.2. The zero-order chi connectivity index (χ0) is 55.8. The number of nitrogens with one attached hydrogen (secondary N) is 1. The molecule has 1 fully saturated rings. The van der Waals surface area contributed by atoms with Crippen LogP contribution in [0, 0.1) is 0 Å². The van der Waals surface area contributed by atoms with Crippen LogP contribution in [0.4, 0.5) is 0 Å².